The van der Waals surface area contributed by atoms with Gasteiger partial charge in [-0.05, 0) is 12.6 Å². The summed E-state index contributed by atoms with van der Waals surface area (Å²) in [6, 6.07) is 5.06. The summed E-state index contributed by atoms with van der Waals surface area (Å²) in [5, 5.41) is 3.20. The topological polar surface area (TPSA) is 33.7 Å². The lowest BCUT2D eigenvalue weighted by atomic mass is 10.2. The second-order valence-electron chi connectivity index (χ2n) is 4.81. The summed E-state index contributed by atoms with van der Waals surface area (Å²) < 4.78 is 24.8. The lowest BCUT2D eigenvalue weighted by Crippen LogP contribution is -2.38. The zero-order valence-electron chi connectivity index (χ0n) is 12.0. The molecule has 112 valence electrons. The molecule has 1 aromatic carbocycles. The maximum Gasteiger partial charge on any atom is 0.165 e. The molecule has 0 radical (unpaired) electrons. The van der Waals surface area contributed by atoms with Crippen molar-refractivity contribution in [2.24, 2.45) is 0 Å². The van der Waals surface area contributed by atoms with Crippen molar-refractivity contribution in [1.82, 2.24) is 10.2 Å². The minimum Gasteiger partial charge on any atom is -0.489 e. The Morgan fingerprint density at radius 3 is 2.90 bits per heavy atom. The van der Waals surface area contributed by atoms with Crippen LogP contribution in [0.3, 0.4) is 0 Å². The number of halogens is 1. The monoisotopic (exact) mass is 282 g/mol. The highest BCUT2D eigenvalue weighted by molar-refractivity contribution is 5.34. The van der Waals surface area contributed by atoms with Gasteiger partial charge in [-0.25, -0.2) is 4.39 Å². The van der Waals surface area contributed by atoms with Gasteiger partial charge < -0.3 is 14.8 Å². The normalized spacial score (nSPS) is 16.3. The molecule has 0 saturated carbocycles. The molecule has 0 aromatic heterocycles. The van der Waals surface area contributed by atoms with Crippen molar-refractivity contribution in [3.8, 4) is 5.75 Å². The Bertz CT molecular complexity index is 409. The van der Waals surface area contributed by atoms with Gasteiger partial charge in [-0.3, -0.25) is 4.90 Å². The Morgan fingerprint density at radius 2 is 2.15 bits per heavy atom. The largest absolute Gasteiger partial charge is 0.489 e. The molecule has 1 N–H and O–H groups in total. The number of hydrogen-bond acceptors (Lipinski definition) is 4. The molecule has 0 unspecified atom stereocenters. The fourth-order valence-electron chi connectivity index (χ4n) is 2.22. The summed E-state index contributed by atoms with van der Waals surface area (Å²) in [6.07, 6.45) is 0. The van der Waals surface area contributed by atoms with Crippen LogP contribution in [0.25, 0.3) is 0 Å². The summed E-state index contributed by atoms with van der Waals surface area (Å²) in [6.45, 7) is 8.19. The second-order valence-corrected chi connectivity index (χ2v) is 4.81. The van der Waals surface area contributed by atoms with E-state index in [1.54, 1.807) is 6.07 Å². The van der Waals surface area contributed by atoms with Crippen LogP contribution >= 0.6 is 0 Å². The summed E-state index contributed by atoms with van der Waals surface area (Å²) in [5.41, 5.74) is 0.869. The van der Waals surface area contributed by atoms with Crippen molar-refractivity contribution < 1.29 is 13.9 Å². The van der Waals surface area contributed by atoms with E-state index in [4.69, 9.17) is 9.47 Å². The van der Waals surface area contributed by atoms with Crippen LogP contribution in [0.15, 0.2) is 18.2 Å². The molecule has 1 saturated heterocycles. The van der Waals surface area contributed by atoms with E-state index in [0.717, 1.165) is 45.0 Å². The summed E-state index contributed by atoms with van der Waals surface area (Å²) in [5.74, 6) is 0.0871. The second kappa shape index (κ2) is 8.19. The van der Waals surface area contributed by atoms with E-state index in [-0.39, 0.29) is 5.82 Å². The molecule has 1 fully saturated rings. The Kier molecular flexibility index (Phi) is 6.24. The molecular weight excluding hydrogens is 259 g/mol. The van der Waals surface area contributed by atoms with E-state index < -0.39 is 0 Å². The zero-order chi connectivity index (χ0) is 14.2. The minimum atomic E-state index is -0.289. The number of morpholine rings is 1. The summed E-state index contributed by atoms with van der Waals surface area (Å²) in [4.78, 5) is 2.27. The number of rotatable bonds is 7. The minimum absolute atomic E-state index is 0.289. The number of nitrogens with zero attached hydrogens (tertiary/aromatic N) is 1. The highest BCUT2D eigenvalue weighted by Crippen LogP contribution is 2.22. The predicted octanol–water partition coefficient (Wildman–Crippen LogP) is 1.65. The van der Waals surface area contributed by atoms with Crippen LogP contribution in [0, 0.1) is 5.82 Å². The van der Waals surface area contributed by atoms with Gasteiger partial charge in [0.2, 0.25) is 0 Å². The molecule has 0 amide bonds. The molecular formula is C15H23FN2O2. The average Bonchev–Trinajstić information content (AvgIpc) is 2.48. The smallest absolute Gasteiger partial charge is 0.165 e. The number of nitrogens with one attached hydrogen (secondary N) is 1. The molecule has 1 aromatic rings. The number of ether oxygens (including phenoxy) is 2. The molecule has 4 nitrogen and oxygen atoms in total. The molecule has 0 aliphatic carbocycles. The Labute approximate surface area is 119 Å². The van der Waals surface area contributed by atoms with Gasteiger partial charge in [-0.2, -0.15) is 0 Å². The summed E-state index contributed by atoms with van der Waals surface area (Å²) in [7, 11) is 0. The van der Waals surface area contributed by atoms with Crippen molar-refractivity contribution in [2.45, 2.75) is 13.5 Å². The first-order valence-electron chi connectivity index (χ1n) is 7.22. The fraction of sp³-hybridized carbons (Fsp3) is 0.600. The molecule has 1 heterocycles. The first-order chi connectivity index (χ1) is 9.81. The Hall–Kier alpha value is -1.17. The van der Waals surface area contributed by atoms with Crippen LogP contribution in [0.1, 0.15) is 12.5 Å². The fourth-order valence-corrected chi connectivity index (χ4v) is 2.22. The number of benzene rings is 1. The van der Waals surface area contributed by atoms with E-state index in [2.05, 4.69) is 10.2 Å². The third-order valence-corrected chi connectivity index (χ3v) is 3.37. The highest BCUT2D eigenvalue weighted by Gasteiger charge is 2.12. The van der Waals surface area contributed by atoms with Crippen molar-refractivity contribution in [2.75, 3.05) is 46.0 Å². The van der Waals surface area contributed by atoms with Gasteiger partial charge in [0.1, 0.15) is 6.61 Å². The SMILES string of the molecule is CCNCc1cccc(F)c1OCCN1CCOCC1. The van der Waals surface area contributed by atoms with Gasteiger partial charge in [-0.15, -0.1) is 0 Å². The van der Waals surface area contributed by atoms with Crippen LogP contribution in [0.2, 0.25) is 0 Å². The maximum atomic E-state index is 13.9. The molecule has 0 atom stereocenters. The first kappa shape index (κ1) is 15.2. The van der Waals surface area contributed by atoms with E-state index in [1.165, 1.54) is 6.07 Å². The lowest BCUT2D eigenvalue weighted by Gasteiger charge is -2.26. The van der Waals surface area contributed by atoms with Crippen LogP contribution < -0.4 is 10.1 Å². The maximum absolute atomic E-state index is 13.9. The van der Waals surface area contributed by atoms with Crippen molar-refractivity contribution in [3.63, 3.8) is 0 Å². The summed E-state index contributed by atoms with van der Waals surface area (Å²) >= 11 is 0. The number of para-hydroxylation sites is 1. The Morgan fingerprint density at radius 1 is 1.35 bits per heavy atom. The first-order valence-corrected chi connectivity index (χ1v) is 7.22. The zero-order valence-corrected chi connectivity index (χ0v) is 12.0. The average molecular weight is 282 g/mol. The third kappa shape index (κ3) is 4.44. The van der Waals surface area contributed by atoms with Crippen molar-refractivity contribution in [3.05, 3.63) is 29.6 Å². The van der Waals surface area contributed by atoms with E-state index in [0.29, 0.717) is 18.9 Å². The van der Waals surface area contributed by atoms with E-state index in [1.807, 2.05) is 13.0 Å². The molecule has 1 aliphatic rings. The molecule has 5 heteroatoms. The highest BCUT2D eigenvalue weighted by atomic mass is 19.1. The molecule has 2 rings (SSSR count). The predicted molar refractivity (Wildman–Crippen MR) is 76.5 cm³/mol. The molecule has 0 bridgehead atoms. The van der Waals surface area contributed by atoms with Crippen LogP contribution in [-0.2, 0) is 11.3 Å². The van der Waals surface area contributed by atoms with Crippen LogP contribution in [-0.4, -0.2) is 50.9 Å². The molecule has 1 aliphatic heterocycles. The van der Waals surface area contributed by atoms with Gasteiger partial charge in [-0.1, -0.05) is 19.1 Å². The quantitative estimate of drug-likeness (QED) is 0.824. The third-order valence-electron chi connectivity index (χ3n) is 3.37. The van der Waals surface area contributed by atoms with Gasteiger partial charge in [0.25, 0.3) is 0 Å². The van der Waals surface area contributed by atoms with Gasteiger partial charge in [0, 0.05) is 31.7 Å². The van der Waals surface area contributed by atoms with Gasteiger partial charge in [0.15, 0.2) is 11.6 Å². The Balaban J connectivity index is 1.87. The van der Waals surface area contributed by atoms with Crippen molar-refractivity contribution in [1.29, 1.82) is 0 Å². The number of hydrogen-bond donors (Lipinski definition) is 1. The molecule has 20 heavy (non-hydrogen) atoms. The van der Waals surface area contributed by atoms with Crippen LogP contribution in [0.5, 0.6) is 5.75 Å². The standard InChI is InChI=1S/C15H23FN2O2/c1-2-17-12-13-4-3-5-14(16)15(13)20-11-8-18-6-9-19-10-7-18/h3-5,17H,2,6-12H2,1H3. The van der Waals surface area contributed by atoms with Crippen molar-refractivity contribution >= 4 is 0 Å². The molecule has 0 spiro atoms. The van der Waals surface area contributed by atoms with E-state index >= 15 is 0 Å². The van der Waals surface area contributed by atoms with E-state index in [9.17, 15) is 4.39 Å². The van der Waals surface area contributed by atoms with Gasteiger partial charge in [0.05, 0.1) is 13.2 Å². The van der Waals surface area contributed by atoms with Crippen LogP contribution in [0.4, 0.5) is 4.39 Å². The lowest BCUT2D eigenvalue weighted by molar-refractivity contribution is 0.0319. The van der Waals surface area contributed by atoms with Gasteiger partial charge >= 0.3 is 0 Å².